The molecule has 1 fully saturated rings. The van der Waals surface area contributed by atoms with E-state index in [1.54, 1.807) is 18.5 Å². The summed E-state index contributed by atoms with van der Waals surface area (Å²) in [6.45, 7) is 2.06. The molecule has 1 saturated heterocycles. The SMILES string of the molecule is Cc1cnccc1CC(=O)N1C[C@H](O)C[C@@H]1c1ccc(F)c(F)c1. The lowest BCUT2D eigenvalue weighted by Gasteiger charge is -2.25. The van der Waals surface area contributed by atoms with Crippen molar-refractivity contribution in [2.75, 3.05) is 6.54 Å². The number of likely N-dealkylation sites (tertiary alicyclic amines) is 1. The molecule has 0 radical (unpaired) electrons. The van der Waals surface area contributed by atoms with Crippen LogP contribution in [-0.2, 0) is 11.2 Å². The van der Waals surface area contributed by atoms with Crippen molar-refractivity contribution < 1.29 is 18.7 Å². The summed E-state index contributed by atoms with van der Waals surface area (Å²) in [6.07, 6.45) is 3.13. The maximum Gasteiger partial charge on any atom is 0.227 e. The van der Waals surface area contributed by atoms with Gasteiger partial charge in [-0.3, -0.25) is 9.78 Å². The van der Waals surface area contributed by atoms with Crippen LogP contribution in [0.2, 0.25) is 0 Å². The number of aryl methyl sites for hydroxylation is 1. The predicted molar refractivity (Wildman–Crippen MR) is 84.1 cm³/mol. The molecule has 3 rings (SSSR count). The minimum absolute atomic E-state index is 0.157. The molecule has 2 heterocycles. The molecule has 0 bridgehead atoms. The van der Waals surface area contributed by atoms with Gasteiger partial charge >= 0.3 is 0 Å². The zero-order valence-electron chi connectivity index (χ0n) is 13.2. The monoisotopic (exact) mass is 332 g/mol. The van der Waals surface area contributed by atoms with Gasteiger partial charge in [0, 0.05) is 18.9 Å². The van der Waals surface area contributed by atoms with Crippen molar-refractivity contribution in [1.29, 1.82) is 0 Å². The first-order valence-electron chi connectivity index (χ1n) is 7.77. The third kappa shape index (κ3) is 3.28. The lowest BCUT2D eigenvalue weighted by atomic mass is 10.0. The van der Waals surface area contributed by atoms with E-state index in [0.29, 0.717) is 12.0 Å². The fourth-order valence-electron chi connectivity index (χ4n) is 3.09. The maximum atomic E-state index is 13.5. The number of nitrogens with zero attached hydrogens (tertiary/aromatic N) is 2. The second-order valence-electron chi connectivity index (χ2n) is 6.10. The first-order valence-corrected chi connectivity index (χ1v) is 7.77. The topological polar surface area (TPSA) is 53.4 Å². The molecule has 24 heavy (non-hydrogen) atoms. The lowest BCUT2D eigenvalue weighted by molar-refractivity contribution is -0.131. The fraction of sp³-hybridized carbons (Fsp3) is 0.333. The van der Waals surface area contributed by atoms with Crippen molar-refractivity contribution in [3.05, 3.63) is 65.0 Å². The molecule has 0 aliphatic carbocycles. The molecule has 1 aliphatic rings. The van der Waals surface area contributed by atoms with Crippen molar-refractivity contribution in [2.45, 2.75) is 31.9 Å². The van der Waals surface area contributed by atoms with E-state index in [1.165, 1.54) is 11.0 Å². The molecule has 1 aliphatic heterocycles. The molecule has 2 aromatic rings. The summed E-state index contributed by atoms with van der Waals surface area (Å²) in [5.41, 5.74) is 2.26. The highest BCUT2D eigenvalue weighted by molar-refractivity contribution is 5.80. The number of aromatic nitrogens is 1. The maximum absolute atomic E-state index is 13.5. The molecule has 1 aromatic carbocycles. The minimum atomic E-state index is -0.953. The molecule has 0 unspecified atom stereocenters. The van der Waals surface area contributed by atoms with Crippen LogP contribution in [0.15, 0.2) is 36.7 Å². The number of β-amino-alcohol motifs (C(OH)–C–C–N with tert-alkyl or cyclic N) is 1. The van der Waals surface area contributed by atoms with Crippen molar-refractivity contribution in [2.24, 2.45) is 0 Å². The van der Waals surface area contributed by atoms with Crippen molar-refractivity contribution in [1.82, 2.24) is 9.88 Å². The van der Waals surface area contributed by atoms with Crippen LogP contribution >= 0.6 is 0 Å². The van der Waals surface area contributed by atoms with Gasteiger partial charge in [0.2, 0.25) is 5.91 Å². The summed E-state index contributed by atoms with van der Waals surface area (Å²) in [5, 5.41) is 9.95. The molecule has 6 heteroatoms. The Morgan fingerprint density at radius 1 is 1.33 bits per heavy atom. The van der Waals surface area contributed by atoms with Gasteiger partial charge in [0.1, 0.15) is 0 Å². The molecule has 1 amide bonds. The predicted octanol–water partition coefficient (Wildman–Crippen LogP) is 2.55. The van der Waals surface area contributed by atoms with E-state index in [4.69, 9.17) is 0 Å². The highest BCUT2D eigenvalue weighted by atomic mass is 19.2. The Morgan fingerprint density at radius 2 is 2.12 bits per heavy atom. The van der Waals surface area contributed by atoms with Gasteiger partial charge in [-0.25, -0.2) is 8.78 Å². The second-order valence-corrected chi connectivity index (χ2v) is 6.10. The van der Waals surface area contributed by atoms with Crippen LogP contribution in [0.3, 0.4) is 0 Å². The van der Waals surface area contributed by atoms with Crippen molar-refractivity contribution in [3.63, 3.8) is 0 Å². The number of halogens is 2. The van der Waals surface area contributed by atoms with E-state index >= 15 is 0 Å². The molecule has 1 aromatic heterocycles. The summed E-state index contributed by atoms with van der Waals surface area (Å²) in [5.74, 6) is -2.04. The zero-order chi connectivity index (χ0) is 17.3. The van der Waals surface area contributed by atoms with Gasteiger partial charge in [-0.05, 0) is 48.2 Å². The number of hydrogen-bond acceptors (Lipinski definition) is 3. The van der Waals surface area contributed by atoms with Crippen LogP contribution in [0.25, 0.3) is 0 Å². The van der Waals surface area contributed by atoms with Crippen molar-refractivity contribution in [3.8, 4) is 0 Å². The molecule has 0 spiro atoms. The largest absolute Gasteiger partial charge is 0.391 e. The van der Waals surface area contributed by atoms with Gasteiger partial charge in [0.15, 0.2) is 11.6 Å². The van der Waals surface area contributed by atoms with Gasteiger partial charge in [-0.2, -0.15) is 0 Å². The molecule has 0 saturated carbocycles. The molecular weight excluding hydrogens is 314 g/mol. The van der Waals surface area contributed by atoms with E-state index in [1.807, 2.05) is 6.92 Å². The van der Waals surface area contributed by atoms with Gasteiger partial charge in [-0.15, -0.1) is 0 Å². The van der Waals surface area contributed by atoms with Crippen molar-refractivity contribution >= 4 is 5.91 Å². The van der Waals surface area contributed by atoms with E-state index < -0.39 is 23.8 Å². The molecule has 1 N–H and O–H groups in total. The molecule has 126 valence electrons. The van der Waals surface area contributed by atoms with E-state index in [0.717, 1.165) is 23.3 Å². The fourth-order valence-corrected chi connectivity index (χ4v) is 3.09. The Morgan fingerprint density at radius 3 is 2.83 bits per heavy atom. The smallest absolute Gasteiger partial charge is 0.227 e. The standard InChI is InChI=1S/C18H18F2N2O2/c1-11-9-21-5-4-12(11)7-18(24)22-10-14(23)8-17(22)13-2-3-15(19)16(20)6-13/h2-6,9,14,17,23H,7-8,10H2,1H3/t14-,17-/m1/s1. The van der Waals surface area contributed by atoms with Crippen LogP contribution in [0, 0.1) is 18.6 Å². The van der Waals surface area contributed by atoms with Crippen LogP contribution in [0.1, 0.15) is 29.2 Å². The third-order valence-corrected chi connectivity index (χ3v) is 4.41. The van der Waals surface area contributed by atoms with Crippen LogP contribution in [0.5, 0.6) is 0 Å². The summed E-state index contributed by atoms with van der Waals surface area (Å²) < 4.78 is 26.6. The number of aliphatic hydroxyl groups excluding tert-OH is 1. The number of amides is 1. The van der Waals surface area contributed by atoms with Gasteiger partial charge < -0.3 is 10.0 Å². The number of benzene rings is 1. The number of pyridine rings is 1. The van der Waals surface area contributed by atoms with E-state index in [2.05, 4.69) is 4.98 Å². The lowest BCUT2D eigenvalue weighted by Crippen LogP contribution is -2.33. The summed E-state index contributed by atoms with van der Waals surface area (Å²) in [7, 11) is 0. The molecular formula is C18H18F2N2O2. The highest BCUT2D eigenvalue weighted by Gasteiger charge is 2.35. The zero-order valence-corrected chi connectivity index (χ0v) is 13.2. The van der Waals surface area contributed by atoms with Crippen LogP contribution in [0.4, 0.5) is 8.78 Å². The second kappa shape index (κ2) is 6.65. The molecule has 2 atom stereocenters. The summed E-state index contributed by atoms with van der Waals surface area (Å²) in [4.78, 5) is 18.2. The average molecular weight is 332 g/mol. The quantitative estimate of drug-likeness (QED) is 0.940. The van der Waals surface area contributed by atoms with Gasteiger partial charge in [-0.1, -0.05) is 6.07 Å². The number of aliphatic hydroxyl groups is 1. The Bertz CT molecular complexity index is 766. The van der Waals surface area contributed by atoms with Crippen LogP contribution in [-0.4, -0.2) is 33.5 Å². The Balaban J connectivity index is 1.83. The summed E-state index contributed by atoms with van der Waals surface area (Å²) in [6, 6.07) is 4.93. The Kier molecular flexibility index (Phi) is 4.57. The summed E-state index contributed by atoms with van der Waals surface area (Å²) >= 11 is 0. The molecule has 4 nitrogen and oxygen atoms in total. The van der Waals surface area contributed by atoms with Gasteiger partial charge in [0.25, 0.3) is 0 Å². The van der Waals surface area contributed by atoms with E-state index in [9.17, 15) is 18.7 Å². The Hall–Kier alpha value is -2.34. The first-order chi connectivity index (χ1) is 11.5. The number of carbonyl (C=O) groups excluding carboxylic acids is 1. The highest BCUT2D eigenvalue weighted by Crippen LogP contribution is 2.33. The normalized spacial score (nSPS) is 20.4. The first kappa shape index (κ1) is 16.5. The van der Waals surface area contributed by atoms with E-state index in [-0.39, 0.29) is 18.9 Å². The average Bonchev–Trinajstić information content (AvgIpc) is 2.94. The number of hydrogen-bond donors (Lipinski definition) is 1. The Labute approximate surface area is 138 Å². The number of carbonyl (C=O) groups is 1. The minimum Gasteiger partial charge on any atom is -0.391 e. The number of rotatable bonds is 3. The third-order valence-electron chi connectivity index (χ3n) is 4.41. The van der Waals surface area contributed by atoms with Crippen LogP contribution < -0.4 is 0 Å². The van der Waals surface area contributed by atoms with Gasteiger partial charge in [0.05, 0.1) is 18.6 Å².